The lowest BCUT2D eigenvalue weighted by molar-refractivity contribution is 0.0874. The molecule has 80 valence electrons. The molecule has 14 heavy (non-hydrogen) atoms. The average molecular weight is 197 g/mol. The molecule has 2 rings (SSSR count). The zero-order valence-electron chi connectivity index (χ0n) is 8.99. The SMILES string of the molecule is CC1NC(CN2CCC[C@H](C)C2)=NO1. The molecule has 4 heteroatoms. The van der Waals surface area contributed by atoms with Crippen molar-refractivity contribution in [2.75, 3.05) is 19.6 Å². The summed E-state index contributed by atoms with van der Waals surface area (Å²) in [4.78, 5) is 7.53. The highest BCUT2D eigenvalue weighted by molar-refractivity contribution is 5.84. The van der Waals surface area contributed by atoms with Crippen LogP contribution in [-0.2, 0) is 4.84 Å². The summed E-state index contributed by atoms with van der Waals surface area (Å²) in [6.45, 7) is 7.58. The van der Waals surface area contributed by atoms with Crippen LogP contribution in [0.3, 0.4) is 0 Å². The fraction of sp³-hybridized carbons (Fsp3) is 0.900. The highest BCUT2D eigenvalue weighted by Gasteiger charge is 2.21. The van der Waals surface area contributed by atoms with Crippen LogP contribution < -0.4 is 5.32 Å². The lowest BCUT2D eigenvalue weighted by Gasteiger charge is -2.30. The zero-order chi connectivity index (χ0) is 9.97. The van der Waals surface area contributed by atoms with E-state index in [0.717, 1.165) is 18.3 Å². The Labute approximate surface area is 85.3 Å². The fourth-order valence-electron chi connectivity index (χ4n) is 2.15. The summed E-state index contributed by atoms with van der Waals surface area (Å²) in [6.07, 6.45) is 2.72. The molecule has 2 atom stereocenters. The predicted octanol–water partition coefficient (Wildman–Crippen LogP) is 0.998. The van der Waals surface area contributed by atoms with Gasteiger partial charge in [-0.15, -0.1) is 0 Å². The number of likely N-dealkylation sites (tertiary alicyclic amines) is 1. The fourth-order valence-corrected chi connectivity index (χ4v) is 2.15. The smallest absolute Gasteiger partial charge is 0.195 e. The molecule has 0 aromatic rings. The van der Waals surface area contributed by atoms with Crippen LogP contribution in [0.2, 0.25) is 0 Å². The van der Waals surface area contributed by atoms with E-state index in [1.807, 2.05) is 6.92 Å². The number of piperidine rings is 1. The zero-order valence-corrected chi connectivity index (χ0v) is 8.99. The minimum Gasteiger partial charge on any atom is -0.369 e. The molecule has 1 saturated heterocycles. The topological polar surface area (TPSA) is 36.9 Å². The van der Waals surface area contributed by atoms with Crippen molar-refractivity contribution in [1.82, 2.24) is 10.2 Å². The van der Waals surface area contributed by atoms with Crippen LogP contribution in [-0.4, -0.2) is 36.6 Å². The van der Waals surface area contributed by atoms with Gasteiger partial charge in [-0.05, 0) is 32.2 Å². The average Bonchev–Trinajstić information content (AvgIpc) is 2.51. The van der Waals surface area contributed by atoms with Gasteiger partial charge in [-0.1, -0.05) is 12.1 Å². The van der Waals surface area contributed by atoms with Gasteiger partial charge in [-0.25, -0.2) is 0 Å². The number of oxime groups is 1. The molecule has 0 aromatic carbocycles. The molecule has 0 bridgehead atoms. The Hall–Kier alpha value is -0.770. The number of nitrogens with one attached hydrogen (secondary N) is 1. The van der Waals surface area contributed by atoms with Crippen molar-refractivity contribution in [3.8, 4) is 0 Å². The van der Waals surface area contributed by atoms with Crippen LogP contribution in [0.15, 0.2) is 5.16 Å². The first-order valence-electron chi connectivity index (χ1n) is 5.45. The molecule has 1 unspecified atom stereocenters. The van der Waals surface area contributed by atoms with Gasteiger partial charge in [0.15, 0.2) is 12.1 Å². The Morgan fingerprint density at radius 1 is 1.57 bits per heavy atom. The third kappa shape index (κ3) is 2.38. The lowest BCUT2D eigenvalue weighted by Crippen LogP contribution is -2.42. The molecule has 2 aliphatic heterocycles. The van der Waals surface area contributed by atoms with Crippen LogP contribution in [0.25, 0.3) is 0 Å². The summed E-state index contributed by atoms with van der Waals surface area (Å²) in [5, 5.41) is 7.20. The summed E-state index contributed by atoms with van der Waals surface area (Å²) < 4.78 is 0. The first-order chi connectivity index (χ1) is 6.74. The van der Waals surface area contributed by atoms with E-state index >= 15 is 0 Å². The normalized spacial score (nSPS) is 33.4. The summed E-state index contributed by atoms with van der Waals surface area (Å²) in [5.74, 6) is 1.80. The third-order valence-electron chi connectivity index (χ3n) is 2.81. The number of hydrogen-bond donors (Lipinski definition) is 1. The summed E-state index contributed by atoms with van der Waals surface area (Å²) in [5.41, 5.74) is 0. The molecular formula is C10H19N3O. The predicted molar refractivity (Wildman–Crippen MR) is 56.0 cm³/mol. The van der Waals surface area contributed by atoms with Crippen molar-refractivity contribution in [3.63, 3.8) is 0 Å². The minimum absolute atomic E-state index is 0.0483. The van der Waals surface area contributed by atoms with E-state index in [1.165, 1.54) is 25.9 Å². The summed E-state index contributed by atoms with van der Waals surface area (Å²) in [6, 6.07) is 0. The molecule has 1 fully saturated rings. The Morgan fingerprint density at radius 3 is 3.07 bits per heavy atom. The quantitative estimate of drug-likeness (QED) is 0.717. The van der Waals surface area contributed by atoms with E-state index in [0.29, 0.717) is 0 Å². The Kier molecular flexibility index (Phi) is 2.91. The molecule has 0 saturated carbocycles. The van der Waals surface area contributed by atoms with Gasteiger partial charge >= 0.3 is 0 Å². The highest BCUT2D eigenvalue weighted by Crippen LogP contribution is 2.15. The van der Waals surface area contributed by atoms with Gasteiger partial charge in [0, 0.05) is 6.54 Å². The van der Waals surface area contributed by atoms with Crippen LogP contribution in [0.5, 0.6) is 0 Å². The monoisotopic (exact) mass is 197 g/mol. The van der Waals surface area contributed by atoms with Gasteiger partial charge in [-0.2, -0.15) is 0 Å². The highest BCUT2D eigenvalue weighted by atomic mass is 16.7. The third-order valence-corrected chi connectivity index (χ3v) is 2.81. The second kappa shape index (κ2) is 4.17. The largest absolute Gasteiger partial charge is 0.369 e. The second-order valence-electron chi connectivity index (χ2n) is 4.41. The summed E-state index contributed by atoms with van der Waals surface area (Å²) in [7, 11) is 0. The van der Waals surface area contributed by atoms with E-state index < -0.39 is 0 Å². The first kappa shape index (κ1) is 9.77. The second-order valence-corrected chi connectivity index (χ2v) is 4.41. The van der Waals surface area contributed by atoms with Crippen LogP contribution >= 0.6 is 0 Å². The van der Waals surface area contributed by atoms with E-state index in [-0.39, 0.29) is 6.23 Å². The van der Waals surface area contributed by atoms with Crippen molar-refractivity contribution in [3.05, 3.63) is 0 Å². The van der Waals surface area contributed by atoms with E-state index in [9.17, 15) is 0 Å². The summed E-state index contributed by atoms with van der Waals surface area (Å²) >= 11 is 0. The van der Waals surface area contributed by atoms with Crippen LogP contribution in [0.1, 0.15) is 26.7 Å². The number of amidine groups is 1. The molecule has 2 aliphatic rings. The molecule has 0 radical (unpaired) electrons. The van der Waals surface area contributed by atoms with Gasteiger partial charge in [0.25, 0.3) is 0 Å². The molecule has 0 amide bonds. The van der Waals surface area contributed by atoms with E-state index in [4.69, 9.17) is 4.84 Å². The molecular weight excluding hydrogens is 178 g/mol. The first-order valence-corrected chi connectivity index (χ1v) is 5.45. The van der Waals surface area contributed by atoms with Gasteiger partial charge in [0.1, 0.15) is 0 Å². The van der Waals surface area contributed by atoms with E-state index in [1.54, 1.807) is 0 Å². The Bertz CT molecular complexity index is 229. The van der Waals surface area contributed by atoms with Crippen molar-refractivity contribution in [1.29, 1.82) is 0 Å². The number of nitrogens with zero attached hydrogens (tertiary/aromatic N) is 2. The number of rotatable bonds is 2. The maximum atomic E-state index is 5.08. The lowest BCUT2D eigenvalue weighted by atomic mass is 10.0. The van der Waals surface area contributed by atoms with Gasteiger partial charge in [0.2, 0.25) is 0 Å². The molecule has 2 heterocycles. The van der Waals surface area contributed by atoms with Crippen molar-refractivity contribution < 1.29 is 4.84 Å². The molecule has 0 spiro atoms. The molecule has 1 N–H and O–H groups in total. The van der Waals surface area contributed by atoms with Crippen LogP contribution in [0.4, 0.5) is 0 Å². The van der Waals surface area contributed by atoms with Crippen molar-refractivity contribution >= 4 is 5.84 Å². The molecule has 0 aliphatic carbocycles. The maximum absolute atomic E-state index is 5.08. The molecule has 4 nitrogen and oxygen atoms in total. The number of hydrogen-bond acceptors (Lipinski definition) is 4. The molecule has 0 aromatic heterocycles. The van der Waals surface area contributed by atoms with Gasteiger partial charge in [-0.3, -0.25) is 4.90 Å². The maximum Gasteiger partial charge on any atom is 0.195 e. The van der Waals surface area contributed by atoms with Crippen molar-refractivity contribution in [2.45, 2.75) is 32.9 Å². The van der Waals surface area contributed by atoms with Crippen molar-refractivity contribution in [2.24, 2.45) is 11.1 Å². The van der Waals surface area contributed by atoms with Crippen LogP contribution in [0, 0.1) is 5.92 Å². The van der Waals surface area contributed by atoms with Gasteiger partial charge in [0.05, 0.1) is 6.54 Å². The minimum atomic E-state index is 0.0483. The van der Waals surface area contributed by atoms with E-state index in [2.05, 4.69) is 22.3 Å². The van der Waals surface area contributed by atoms with Gasteiger partial charge < -0.3 is 10.2 Å². The Balaban J connectivity index is 1.79. The standard InChI is InChI=1S/C10H19N3O/c1-8-4-3-5-13(6-8)7-10-11-9(2)14-12-10/h8-9H,3-7H2,1-2H3,(H,11,12)/t8-,9?/m0/s1. The Morgan fingerprint density at radius 2 is 2.43 bits per heavy atom.